The third kappa shape index (κ3) is 4.80. The lowest BCUT2D eigenvalue weighted by Gasteiger charge is -2.28. The number of benzene rings is 4. The van der Waals surface area contributed by atoms with Gasteiger partial charge in [-0.05, 0) is 75.3 Å². The minimum absolute atomic E-state index is 0.110. The Morgan fingerprint density at radius 2 is 0.919 bits per heavy atom. The van der Waals surface area contributed by atoms with Crippen LogP contribution in [0.5, 0.6) is 0 Å². The van der Waals surface area contributed by atoms with Gasteiger partial charge in [-0.2, -0.15) is 0 Å². The molecule has 0 saturated carbocycles. The monoisotopic (exact) mass is 493 g/mol. The predicted molar refractivity (Wildman–Crippen MR) is 151 cm³/mol. The first-order chi connectivity index (χ1) is 18.0. The van der Waals surface area contributed by atoms with E-state index >= 15 is 0 Å². The molecule has 0 fully saturated rings. The van der Waals surface area contributed by atoms with Gasteiger partial charge in [0, 0.05) is 43.8 Å². The summed E-state index contributed by atoms with van der Waals surface area (Å²) in [6, 6.07) is 30.8. The molecule has 0 bridgehead atoms. The maximum absolute atomic E-state index is 5.41. The number of hydrogen-bond acceptors (Lipinski definition) is 4. The van der Waals surface area contributed by atoms with E-state index in [9.17, 15) is 0 Å². The fourth-order valence-electron chi connectivity index (χ4n) is 5.43. The van der Waals surface area contributed by atoms with Gasteiger partial charge in [-0.25, -0.2) is 0 Å². The lowest BCUT2D eigenvalue weighted by Crippen LogP contribution is -2.17. The highest BCUT2D eigenvalue weighted by Crippen LogP contribution is 2.51. The molecule has 0 saturated heterocycles. The standard InChI is InChI=1S/C33H35NO3/c1-33(2)31-18-25(22-37-5)10-16-29(31)30-17-15-28(19-32(30)33)34(26-11-6-23(7-12-26)20-35-3)27-13-8-24(9-14-27)21-36-4/h6-19H,20-22H2,1-5H3. The molecule has 0 aromatic heterocycles. The summed E-state index contributed by atoms with van der Waals surface area (Å²) in [4.78, 5) is 2.32. The SMILES string of the molecule is COCc1ccc(N(c2ccc(COC)cc2)c2ccc3c(c2)C(C)(C)c2cc(COC)ccc2-3)cc1. The maximum atomic E-state index is 5.41. The Balaban J connectivity index is 1.60. The number of hydrogen-bond donors (Lipinski definition) is 0. The van der Waals surface area contributed by atoms with Crippen LogP contribution in [0.2, 0.25) is 0 Å². The first-order valence-corrected chi connectivity index (χ1v) is 12.7. The van der Waals surface area contributed by atoms with Crippen molar-refractivity contribution in [3.63, 3.8) is 0 Å². The van der Waals surface area contributed by atoms with Gasteiger partial charge >= 0.3 is 0 Å². The molecule has 0 atom stereocenters. The number of ether oxygens (including phenoxy) is 3. The van der Waals surface area contributed by atoms with Crippen LogP contribution in [0.4, 0.5) is 17.1 Å². The number of nitrogens with zero attached hydrogens (tertiary/aromatic N) is 1. The predicted octanol–water partition coefficient (Wildman–Crippen LogP) is 7.90. The van der Waals surface area contributed by atoms with Crippen LogP contribution in [0, 0.1) is 0 Å². The Hall–Kier alpha value is -3.44. The Kier molecular flexibility index (Phi) is 7.16. The molecule has 1 aliphatic rings. The third-order valence-electron chi connectivity index (χ3n) is 7.30. The van der Waals surface area contributed by atoms with E-state index < -0.39 is 0 Å². The van der Waals surface area contributed by atoms with Crippen LogP contribution >= 0.6 is 0 Å². The van der Waals surface area contributed by atoms with Gasteiger partial charge in [0.15, 0.2) is 0 Å². The molecule has 190 valence electrons. The number of fused-ring (bicyclic) bond motifs is 3. The normalized spacial score (nSPS) is 13.3. The molecule has 4 nitrogen and oxygen atoms in total. The van der Waals surface area contributed by atoms with Crippen molar-refractivity contribution in [2.45, 2.75) is 39.1 Å². The van der Waals surface area contributed by atoms with Crippen molar-refractivity contribution >= 4 is 17.1 Å². The smallest absolute Gasteiger partial charge is 0.0713 e. The topological polar surface area (TPSA) is 30.9 Å². The Labute approximate surface area is 220 Å². The van der Waals surface area contributed by atoms with Gasteiger partial charge in [0.25, 0.3) is 0 Å². The highest BCUT2D eigenvalue weighted by atomic mass is 16.5. The summed E-state index contributed by atoms with van der Waals surface area (Å²) in [5.41, 5.74) is 12.1. The molecule has 5 rings (SSSR count). The molecule has 4 aromatic carbocycles. The molecule has 0 amide bonds. The van der Waals surface area contributed by atoms with Crippen LogP contribution < -0.4 is 4.90 Å². The van der Waals surface area contributed by atoms with E-state index in [1.54, 1.807) is 21.3 Å². The number of rotatable bonds is 9. The lowest BCUT2D eigenvalue weighted by molar-refractivity contribution is 0.185. The Bertz CT molecular complexity index is 1320. The molecule has 0 radical (unpaired) electrons. The van der Waals surface area contributed by atoms with Crippen LogP contribution in [0.1, 0.15) is 41.7 Å². The van der Waals surface area contributed by atoms with E-state index in [-0.39, 0.29) is 5.41 Å². The first-order valence-electron chi connectivity index (χ1n) is 12.7. The van der Waals surface area contributed by atoms with Crippen molar-refractivity contribution in [2.24, 2.45) is 0 Å². The molecule has 0 spiro atoms. The van der Waals surface area contributed by atoms with E-state index in [4.69, 9.17) is 14.2 Å². The van der Waals surface area contributed by atoms with E-state index in [0.717, 1.165) is 28.2 Å². The molecule has 0 aliphatic heterocycles. The molecule has 4 heteroatoms. The zero-order valence-electron chi connectivity index (χ0n) is 22.4. The van der Waals surface area contributed by atoms with Gasteiger partial charge in [-0.15, -0.1) is 0 Å². The van der Waals surface area contributed by atoms with Gasteiger partial charge in [0.05, 0.1) is 19.8 Å². The second-order valence-corrected chi connectivity index (χ2v) is 10.2. The maximum Gasteiger partial charge on any atom is 0.0713 e. The van der Waals surface area contributed by atoms with Crippen molar-refractivity contribution < 1.29 is 14.2 Å². The van der Waals surface area contributed by atoms with Crippen LogP contribution in [0.3, 0.4) is 0 Å². The molecule has 0 N–H and O–H groups in total. The van der Waals surface area contributed by atoms with Crippen molar-refractivity contribution in [1.82, 2.24) is 0 Å². The molecule has 0 unspecified atom stereocenters. The average Bonchev–Trinajstić information content (AvgIpc) is 3.13. The summed E-state index contributed by atoms with van der Waals surface area (Å²) in [7, 11) is 5.20. The minimum Gasteiger partial charge on any atom is -0.380 e. The molecule has 4 aromatic rings. The minimum atomic E-state index is -0.110. The molecule has 37 heavy (non-hydrogen) atoms. The number of methoxy groups -OCH3 is 3. The molecule has 0 heterocycles. The van der Waals surface area contributed by atoms with Crippen LogP contribution in [0.15, 0.2) is 84.9 Å². The summed E-state index contributed by atoms with van der Waals surface area (Å²) < 4.78 is 16.1. The Morgan fingerprint density at radius 1 is 0.514 bits per heavy atom. The van der Waals surface area contributed by atoms with Crippen LogP contribution in [-0.4, -0.2) is 21.3 Å². The largest absolute Gasteiger partial charge is 0.380 e. The quantitative estimate of drug-likeness (QED) is 0.237. The van der Waals surface area contributed by atoms with E-state index in [2.05, 4.69) is 104 Å². The molecular formula is C33H35NO3. The lowest BCUT2D eigenvalue weighted by atomic mass is 9.82. The van der Waals surface area contributed by atoms with E-state index in [1.165, 1.54) is 27.8 Å². The summed E-state index contributed by atoms with van der Waals surface area (Å²) in [5.74, 6) is 0. The third-order valence-corrected chi connectivity index (χ3v) is 7.30. The molecule has 1 aliphatic carbocycles. The van der Waals surface area contributed by atoms with Crippen LogP contribution in [-0.2, 0) is 39.4 Å². The van der Waals surface area contributed by atoms with Gasteiger partial charge in [-0.3, -0.25) is 0 Å². The van der Waals surface area contributed by atoms with Gasteiger partial charge in [-0.1, -0.05) is 62.4 Å². The zero-order valence-corrected chi connectivity index (χ0v) is 22.4. The second-order valence-electron chi connectivity index (χ2n) is 10.2. The highest BCUT2D eigenvalue weighted by Gasteiger charge is 2.36. The fraction of sp³-hybridized carbons (Fsp3) is 0.273. The average molecular weight is 494 g/mol. The van der Waals surface area contributed by atoms with Crippen molar-refractivity contribution in [3.8, 4) is 11.1 Å². The van der Waals surface area contributed by atoms with Gasteiger partial charge in [0.2, 0.25) is 0 Å². The van der Waals surface area contributed by atoms with Gasteiger partial charge in [0.1, 0.15) is 0 Å². The van der Waals surface area contributed by atoms with E-state index in [0.29, 0.717) is 19.8 Å². The Morgan fingerprint density at radius 3 is 1.43 bits per heavy atom. The summed E-state index contributed by atoms with van der Waals surface area (Å²) in [5, 5.41) is 0. The van der Waals surface area contributed by atoms with Crippen LogP contribution in [0.25, 0.3) is 11.1 Å². The number of anilines is 3. The second kappa shape index (κ2) is 10.5. The zero-order chi connectivity index (χ0) is 26.0. The summed E-state index contributed by atoms with van der Waals surface area (Å²) >= 11 is 0. The van der Waals surface area contributed by atoms with Crippen molar-refractivity contribution in [3.05, 3.63) is 113 Å². The van der Waals surface area contributed by atoms with Crippen molar-refractivity contribution in [2.75, 3.05) is 26.2 Å². The first kappa shape index (κ1) is 25.2. The summed E-state index contributed by atoms with van der Waals surface area (Å²) in [6.45, 7) is 6.46. The highest BCUT2D eigenvalue weighted by molar-refractivity contribution is 5.85. The summed E-state index contributed by atoms with van der Waals surface area (Å²) in [6.07, 6.45) is 0. The van der Waals surface area contributed by atoms with Crippen molar-refractivity contribution in [1.29, 1.82) is 0 Å². The fourth-order valence-corrected chi connectivity index (χ4v) is 5.43. The van der Waals surface area contributed by atoms with E-state index in [1.807, 2.05) is 0 Å². The van der Waals surface area contributed by atoms with Gasteiger partial charge < -0.3 is 19.1 Å². The molecular weight excluding hydrogens is 458 g/mol.